The van der Waals surface area contributed by atoms with Gasteiger partial charge >= 0.3 is 0 Å². The number of ether oxygens (including phenoxy) is 3. The van der Waals surface area contributed by atoms with Crippen LogP contribution in [-0.4, -0.2) is 55.3 Å². The minimum Gasteiger partial charge on any atom is -0.379 e. The highest BCUT2D eigenvalue weighted by atomic mass is 32.2. The molecule has 0 amide bonds. The summed E-state index contributed by atoms with van der Waals surface area (Å²) in [4.78, 5) is 0. The molecule has 3 aliphatic rings. The molecule has 18 heavy (non-hydrogen) atoms. The Morgan fingerprint density at radius 1 is 1.28 bits per heavy atom. The van der Waals surface area contributed by atoms with Crippen molar-refractivity contribution < 1.29 is 14.2 Å². The topological polar surface area (TPSA) is 39.7 Å². The molecule has 4 nitrogen and oxygen atoms in total. The van der Waals surface area contributed by atoms with E-state index in [4.69, 9.17) is 14.2 Å². The van der Waals surface area contributed by atoms with Crippen LogP contribution in [0.25, 0.3) is 0 Å². The molecule has 0 bridgehead atoms. The van der Waals surface area contributed by atoms with Crippen molar-refractivity contribution in [2.24, 2.45) is 0 Å². The van der Waals surface area contributed by atoms with Gasteiger partial charge in [-0.15, -0.1) is 11.8 Å². The van der Waals surface area contributed by atoms with Gasteiger partial charge in [0.2, 0.25) is 0 Å². The number of thioether (sulfide) groups is 1. The maximum Gasteiger partial charge on any atom is 0.169 e. The van der Waals surface area contributed by atoms with Crippen LogP contribution in [0.15, 0.2) is 0 Å². The summed E-state index contributed by atoms with van der Waals surface area (Å²) in [6.07, 6.45) is 3.20. The van der Waals surface area contributed by atoms with Crippen molar-refractivity contribution in [3.05, 3.63) is 0 Å². The fraction of sp³-hybridized carbons (Fsp3) is 1.00. The Bertz CT molecular complexity index is 279. The summed E-state index contributed by atoms with van der Waals surface area (Å²) >= 11 is 2.07. The quantitative estimate of drug-likeness (QED) is 0.838. The van der Waals surface area contributed by atoms with Crippen LogP contribution in [0, 0.1) is 0 Å². The average Bonchev–Trinajstić information content (AvgIpc) is 2.76. The average molecular weight is 273 g/mol. The lowest BCUT2D eigenvalue weighted by molar-refractivity contribution is -0.178. The second-order valence-electron chi connectivity index (χ2n) is 5.35. The Balaban J connectivity index is 1.62. The largest absolute Gasteiger partial charge is 0.379 e. The molecule has 0 aromatic rings. The Morgan fingerprint density at radius 3 is 2.67 bits per heavy atom. The molecule has 2 saturated heterocycles. The van der Waals surface area contributed by atoms with Gasteiger partial charge in [-0.25, -0.2) is 0 Å². The molecule has 2 unspecified atom stereocenters. The summed E-state index contributed by atoms with van der Waals surface area (Å²) in [7, 11) is 0. The zero-order valence-corrected chi connectivity index (χ0v) is 11.8. The van der Waals surface area contributed by atoms with Gasteiger partial charge in [0.1, 0.15) is 0 Å². The van der Waals surface area contributed by atoms with Crippen LogP contribution in [0.3, 0.4) is 0 Å². The Kier molecular flexibility index (Phi) is 4.15. The van der Waals surface area contributed by atoms with Gasteiger partial charge in [0, 0.05) is 24.1 Å². The van der Waals surface area contributed by atoms with Crippen LogP contribution < -0.4 is 5.32 Å². The summed E-state index contributed by atoms with van der Waals surface area (Å²) in [6.45, 7) is 6.56. The van der Waals surface area contributed by atoms with E-state index in [0.717, 1.165) is 52.2 Å². The molecule has 1 N–H and O–H groups in total. The molecule has 0 aromatic carbocycles. The van der Waals surface area contributed by atoms with E-state index in [1.807, 2.05) is 0 Å². The Morgan fingerprint density at radius 2 is 2.06 bits per heavy atom. The van der Waals surface area contributed by atoms with Crippen molar-refractivity contribution in [2.75, 3.05) is 33.0 Å². The van der Waals surface area contributed by atoms with E-state index in [9.17, 15) is 0 Å². The first kappa shape index (κ1) is 13.2. The van der Waals surface area contributed by atoms with Crippen LogP contribution in [0.5, 0.6) is 0 Å². The predicted molar refractivity (Wildman–Crippen MR) is 71.9 cm³/mol. The van der Waals surface area contributed by atoms with Crippen molar-refractivity contribution in [2.45, 2.75) is 48.5 Å². The van der Waals surface area contributed by atoms with Gasteiger partial charge in [0.05, 0.1) is 31.7 Å². The second kappa shape index (κ2) is 5.67. The Hall–Kier alpha value is 0.190. The van der Waals surface area contributed by atoms with Gasteiger partial charge in [0.15, 0.2) is 5.79 Å². The van der Waals surface area contributed by atoms with Crippen molar-refractivity contribution in [1.29, 1.82) is 0 Å². The van der Waals surface area contributed by atoms with E-state index in [2.05, 4.69) is 24.0 Å². The predicted octanol–water partition coefficient (Wildman–Crippen LogP) is 1.39. The zero-order valence-electron chi connectivity index (χ0n) is 11.0. The van der Waals surface area contributed by atoms with E-state index >= 15 is 0 Å². The fourth-order valence-corrected chi connectivity index (χ4v) is 4.67. The molecule has 2 heterocycles. The molecular formula is C13H23NO3S. The van der Waals surface area contributed by atoms with Crippen LogP contribution in [0.2, 0.25) is 0 Å². The molecule has 1 saturated carbocycles. The van der Waals surface area contributed by atoms with Gasteiger partial charge < -0.3 is 19.5 Å². The molecule has 5 heteroatoms. The van der Waals surface area contributed by atoms with Crippen LogP contribution in [-0.2, 0) is 14.2 Å². The molecule has 0 aromatic heterocycles. The Labute approximate surface area is 113 Å². The van der Waals surface area contributed by atoms with Crippen LogP contribution in [0.1, 0.15) is 26.2 Å². The van der Waals surface area contributed by atoms with E-state index in [1.54, 1.807) is 0 Å². The highest BCUT2D eigenvalue weighted by molar-refractivity contribution is 8.00. The first-order valence-electron chi connectivity index (χ1n) is 7.06. The van der Waals surface area contributed by atoms with Crippen LogP contribution >= 0.6 is 11.8 Å². The fourth-order valence-electron chi connectivity index (χ4n) is 3.05. The van der Waals surface area contributed by atoms with Gasteiger partial charge in [0.25, 0.3) is 0 Å². The second-order valence-corrected chi connectivity index (χ2v) is 6.89. The lowest BCUT2D eigenvalue weighted by Crippen LogP contribution is -2.51. The monoisotopic (exact) mass is 273 g/mol. The zero-order chi connectivity index (χ0) is 12.4. The third-order valence-corrected chi connectivity index (χ3v) is 5.55. The highest BCUT2D eigenvalue weighted by Crippen LogP contribution is 2.42. The van der Waals surface area contributed by atoms with E-state index < -0.39 is 0 Å². The van der Waals surface area contributed by atoms with Gasteiger partial charge in [-0.3, -0.25) is 0 Å². The normalized spacial score (nSPS) is 35.8. The molecule has 3 rings (SSSR count). The number of hydrogen-bond acceptors (Lipinski definition) is 5. The lowest BCUT2D eigenvalue weighted by atomic mass is 9.89. The number of nitrogens with one attached hydrogen (secondary N) is 1. The maximum absolute atomic E-state index is 5.88. The van der Waals surface area contributed by atoms with Gasteiger partial charge in [-0.1, -0.05) is 6.92 Å². The van der Waals surface area contributed by atoms with Gasteiger partial charge in [-0.05, 0) is 13.0 Å². The molecule has 1 spiro atoms. The molecule has 2 atom stereocenters. The van der Waals surface area contributed by atoms with E-state index in [0.29, 0.717) is 16.5 Å². The van der Waals surface area contributed by atoms with E-state index in [1.165, 1.54) is 0 Å². The molecule has 104 valence electrons. The lowest BCUT2D eigenvalue weighted by Gasteiger charge is -2.43. The molecule has 0 radical (unpaired) electrons. The number of rotatable bonds is 4. The van der Waals surface area contributed by atoms with E-state index in [-0.39, 0.29) is 5.79 Å². The van der Waals surface area contributed by atoms with Crippen LogP contribution in [0.4, 0.5) is 0 Å². The SMILES string of the molecule is CCNC1CCC2(CC1SC1COC1)OCCO2. The van der Waals surface area contributed by atoms with Gasteiger partial charge in [-0.2, -0.15) is 0 Å². The third kappa shape index (κ3) is 2.70. The summed E-state index contributed by atoms with van der Waals surface area (Å²) in [5, 5.41) is 4.88. The number of hydrogen-bond donors (Lipinski definition) is 1. The minimum atomic E-state index is -0.270. The molecule has 3 fully saturated rings. The summed E-state index contributed by atoms with van der Waals surface area (Å²) in [6, 6.07) is 0.596. The van der Waals surface area contributed by atoms with Crippen molar-refractivity contribution >= 4 is 11.8 Å². The first-order chi connectivity index (χ1) is 8.81. The maximum atomic E-state index is 5.88. The third-order valence-electron chi connectivity index (χ3n) is 4.05. The minimum absolute atomic E-state index is 0.270. The van der Waals surface area contributed by atoms with Crippen molar-refractivity contribution in [3.8, 4) is 0 Å². The summed E-state index contributed by atoms with van der Waals surface area (Å²) < 4.78 is 17.0. The first-order valence-corrected chi connectivity index (χ1v) is 8.00. The van der Waals surface area contributed by atoms with Crippen molar-refractivity contribution in [1.82, 2.24) is 5.32 Å². The summed E-state index contributed by atoms with van der Waals surface area (Å²) in [5.41, 5.74) is 0. The standard InChI is InChI=1S/C13H23NO3S/c1-2-14-11-3-4-13(16-5-6-17-13)7-12(11)18-10-8-15-9-10/h10-12,14H,2-9H2,1H3. The van der Waals surface area contributed by atoms with Crippen molar-refractivity contribution in [3.63, 3.8) is 0 Å². The molecule has 1 aliphatic carbocycles. The summed E-state index contributed by atoms with van der Waals surface area (Å²) in [5.74, 6) is -0.270. The molecular weight excluding hydrogens is 250 g/mol. The molecule has 2 aliphatic heterocycles. The highest BCUT2D eigenvalue weighted by Gasteiger charge is 2.46. The smallest absolute Gasteiger partial charge is 0.169 e.